The molecule has 0 unspecified atom stereocenters. The number of hydrogen-bond acceptors (Lipinski definition) is 2. The third-order valence-corrected chi connectivity index (χ3v) is 4.01. The molecule has 0 atom stereocenters. The van der Waals surface area contributed by atoms with Gasteiger partial charge in [0.1, 0.15) is 0 Å². The topological polar surface area (TPSA) is 58.4 Å². The van der Waals surface area contributed by atoms with Crippen molar-refractivity contribution in [1.29, 1.82) is 0 Å². The van der Waals surface area contributed by atoms with Crippen LogP contribution >= 0.6 is 23.2 Å². The van der Waals surface area contributed by atoms with Crippen molar-refractivity contribution < 1.29 is 4.79 Å². The van der Waals surface area contributed by atoms with E-state index in [1.807, 2.05) is 12.1 Å². The lowest BCUT2D eigenvalue weighted by atomic mass is 10.0. The summed E-state index contributed by atoms with van der Waals surface area (Å²) >= 11 is 12.0. The molecule has 110 valence electrons. The number of carbonyl (C=O) groups is 1. The van der Waals surface area contributed by atoms with E-state index < -0.39 is 6.03 Å². The highest BCUT2D eigenvalue weighted by Crippen LogP contribution is 2.20. The maximum Gasteiger partial charge on any atom is 0.312 e. The largest absolute Gasteiger partial charge is 0.352 e. The summed E-state index contributed by atoms with van der Waals surface area (Å²) in [5.41, 5.74) is 6.28. The molecule has 0 spiro atoms. The van der Waals surface area contributed by atoms with E-state index in [9.17, 15) is 4.79 Å². The minimum atomic E-state index is -0.433. The number of nitrogens with zero attached hydrogens (tertiary/aromatic N) is 1. The van der Waals surface area contributed by atoms with Gasteiger partial charge in [-0.25, -0.2) is 4.79 Å². The molecule has 2 amide bonds. The van der Waals surface area contributed by atoms with Crippen molar-refractivity contribution in [2.75, 3.05) is 19.6 Å². The third kappa shape index (κ3) is 4.85. The predicted molar refractivity (Wildman–Crippen MR) is 82.3 cm³/mol. The van der Waals surface area contributed by atoms with E-state index in [1.54, 1.807) is 6.07 Å². The SMILES string of the molecule is NC(=O)NC1CCN(CCc2cc(Cl)cc(Cl)c2)CC1. The maximum atomic E-state index is 10.8. The number of piperidine rings is 1. The van der Waals surface area contributed by atoms with Gasteiger partial charge in [0.2, 0.25) is 0 Å². The average Bonchev–Trinajstić information content (AvgIpc) is 2.36. The van der Waals surface area contributed by atoms with Crippen molar-refractivity contribution in [3.05, 3.63) is 33.8 Å². The Bertz CT molecular complexity index is 453. The van der Waals surface area contributed by atoms with Crippen molar-refractivity contribution in [2.24, 2.45) is 5.73 Å². The predicted octanol–water partition coefficient (Wildman–Crippen LogP) is 2.67. The van der Waals surface area contributed by atoms with Gasteiger partial charge in [-0.15, -0.1) is 0 Å². The first-order chi connectivity index (χ1) is 9.52. The minimum absolute atomic E-state index is 0.212. The van der Waals surface area contributed by atoms with Crippen LogP contribution in [0.25, 0.3) is 0 Å². The van der Waals surface area contributed by atoms with E-state index in [2.05, 4.69) is 10.2 Å². The van der Waals surface area contributed by atoms with Crippen molar-refractivity contribution in [3.8, 4) is 0 Å². The number of carbonyl (C=O) groups excluding carboxylic acids is 1. The van der Waals surface area contributed by atoms with Gasteiger partial charge < -0.3 is 16.0 Å². The van der Waals surface area contributed by atoms with Gasteiger partial charge in [0.05, 0.1) is 0 Å². The molecule has 4 nitrogen and oxygen atoms in total. The van der Waals surface area contributed by atoms with Crippen molar-refractivity contribution >= 4 is 29.2 Å². The molecule has 1 aliphatic rings. The fourth-order valence-corrected chi connectivity index (χ4v) is 3.12. The molecule has 3 N–H and O–H groups in total. The second-order valence-electron chi connectivity index (χ2n) is 5.15. The fourth-order valence-electron chi connectivity index (χ4n) is 2.54. The molecule has 0 bridgehead atoms. The second-order valence-corrected chi connectivity index (χ2v) is 6.03. The van der Waals surface area contributed by atoms with Crippen molar-refractivity contribution in [1.82, 2.24) is 10.2 Å². The zero-order valence-electron chi connectivity index (χ0n) is 11.2. The van der Waals surface area contributed by atoms with Gasteiger partial charge in [-0.05, 0) is 43.0 Å². The summed E-state index contributed by atoms with van der Waals surface area (Å²) in [6, 6.07) is 5.43. The molecule has 0 radical (unpaired) electrons. The molecule has 0 saturated carbocycles. The van der Waals surface area contributed by atoms with E-state index in [4.69, 9.17) is 28.9 Å². The van der Waals surface area contributed by atoms with Crippen LogP contribution in [0.4, 0.5) is 4.79 Å². The Kier molecular flexibility index (Phi) is 5.52. The van der Waals surface area contributed by atoms with Gasteiger partial charge in [0.25, 0.3) is 0 Å². The number of nitrogens with two attached hydrogens (primary N) is 1. The number of benzene rings is 1. The molecular weight excluding hydrogens is 297 g/mol. The highest BCUT2D eigenvalue weighted by Gasteiger charge is 2.19. The van der Waals surface area contributed by atoms with Crippen molar-refractivity contribution in [2.45, 2.75) is 25.3 Å². The summed E-state index contributed by atoms with van der Waals surface area (Å²) in [4.78, 5) is 13.2. The van der Waals surface area contributed by atoms with Crippen LogP contribution < -0.4 is 11.1 Å². The van der Waals surface area contributed by atoms with Gasteiger partial charge in [0, 0.05) is 35.7 Å². The molecule has 1 aromatic rings. The molecule has 1 fully saturated rings. The van der Waals surface area contributed by atoms with E-state index in [0.29, 0.717) is 10.0 Å². The number of hydrogen-bond donors (Lipinski definition) is 2. The monoisotopic (exact) mass is 315 g/mol. The van der Waals surface area contributed by atoms with Gasteiger partial charge in [-0.3, -0.25) is 0 Å². The van der Waals surface area contributed by atoms with Crippen LogP contribution in [0.3, 0.4) is 0 Å². The zero-order valence-corrected chi connectivity index (χ0v) is 12.8. The number of halogens is 2. The van der Waals surface area contributed by atoms with Crippen LogP contribution in [0.1, 0.15) is 18.4 Å². The standard InChI is InChI=1S/C14H19Cl2N3O/c15-11-7-10(8-12(16)9-11)1-4-19-5-2-13(3-6-19)18-14(17)20/h7-9,13H,1-6H2,(H3,17,18,20). The highest BCUT2D eigenvalue weighted by molar-refractivity contribution is 6.34. The first kappa shape index (κ1) is 15.4. The van der Waals surface area contributed by atoms with Crippen LogP contribution in [0, 0.1) is 0 Å². The Morgan fingerprint density at radius 3 is 2.40 bits per heavy atom. The number of urea groups is 1. The Morgan fingerprint density at radius 1 is 1.25 bits per heavy atom. The molecule has 0 aromatic heterocycles. The minimum Gasteiger partial charge on any atom is -0.352 e. The Labute approximate surface area is 129 Å². The molecule has 20 heavy (non-hydrogen) atoms. The van der Waals surface area contributed by atoms with E-state index in [0.717, 1.165) is 44.5 Å². The number of rotatable bonds is 4. The summed E-state index contributed by atoms with van der Waals surface area (Å²) in [6.07, 6.45) is 2.81. The van der Waals surface area contributed by atoms with Crippen molar-refractivity contribution in [3.63, 3.8) is 0 Å². The lowest BCUT2D eigenvalue weighted by Crippen LogP contribution is -2.46. The molecule has 1 heterocycles. The van der Waals surface area contributed by atoms with E-state index in [-0.39, 0.29) is 6.04 Å². The second kappa shape index (κ2) is 7.16. The molecule has 1 aliphatic heterocycles. The summed E-state index contributed by atoms with van der Waals surface area (Å²) in [7, 11) is 0. The quantitative estimate of drug-likeness (QED) is 0.897. The Morgan fingerprint density at radius 2 is 1.85 bits per heavy atom. The van der Waals surface area contributed by atoms with Crippen LogP contribution in [-0.4, -0.2) is 36.6 Å². The summed E-state index contributed by atoms with van der Waals surface area (Å²) in [6.45, 7) is 2.92. The molecule has 2 rings (SSSR count). The van der Waals surface area contributed by atoms with Crippen LogP contribution in [0.2, 0.25) is 10.0 Å². The summed E-state index contributed by atoms with van der Waals surface area (Å²) < 4.78 is 0. The Balaban J connectivity index is 1.77. The number of amides is 2. The molecule has 0 aliphatic carbocycles. The van der Waals surface area contributed by atoms with E-state index >= 15 is 0 Å². The van der Waals surface area contributed by atoms with E-state index in [1.165, 1.54) is 0 Å². The fraction of sp³-hybridized carbons (Fsp3) is 0.500. The smallest absolute Gasteiger partial charge is 0.312 e. The molecule has 1 aromatic carbocycles. The number of primary amides is 1. The summed E-state index contributed by atoms with van der Waals surface area (Å²) in [5.74, 6) is 0. The molecule has 1 saturated heterocycles. The molecular formula is C14H19Cl2N3O. The lowest BCUT2D eigenvalue weighted by molar-refractivity contribution is 0.196. The first-order valence-corrected chi connectivity index (χ1v) is 7.52. The zero-order chi connectivity index (χ0) is 14.5. The summed E-state index contributed by atoms with van der Waals surface area (Å²) in [5, 5.41) is 4.12. The van der Waals surface area contributed by atoms with Crippen LogP contribution in [0.15, 0.2) is 18.2 Å². The van der Waals surface area contributed by atoms with Crippen LogP contribution in [-0.2, 0) is 6.42 Å². The number of nitrogens with one attached hydrogen (secondary N) is 1. The highest BCUT2D eigenvalue weighted by atomic mass is 35.5. The molecule has 6 heteroatoms. The lowest BCUT2D eigenvalue weighted by Gasteiger charge is -2.32. The van der Waals surface area contributed by atoms with Gasteiger partial charge in [-0.1, -0.05) is 23.2 Å². The first-order valence-electron chi connectivity index (χ1n) is 6.76. The normalized spacial score (nSPS) is 17.1. The van der Waals surface area contributed by atoms with Gasteiger partial charge >= 0.3 is 6.03 Å². The number of likely N-dealkylation sites (tertiary alicyclic amines) is 1. The maximum absolute atomic E-state index is 10.8. The van der Waals surface area contributed by atoms with Gasteiger partial charge in [-0.2, -0.15) is 0 Å². The average molecular weight is 316 g/mol. The Hall–Kier alpha value is -0.970. The third-order valence-electron chi connectivity index (χ3n) is 3.57. The van der Waals surface area contributed by atoms with Crippen LogP contribution in [0.5, 0.6) is 0 Å². The van der Waals surface area contributed by atoms with Gasteiger partial charge in [0.15, 0.2) is 0 Å².